The van der Waals surface area contributed by atoms with Gasteiger partial charge in [-0.05, 0) is 18.4 Å². The molecule has 0 aliphatic rings. The average Bonchev–Trinajstić information content (AvgIpc) is 3.12. The van der Waals surface area contributed by atoms with Gasteiger partial charge in [0.25, 0.3) is 5.22 Å². The van der Waals surface area contributed by atoms with Crippen LogP contribution in [0.2, 0.25) is 0 Å². The van der Waals surface area contributed by atoms with E-state index in [0.717, 1.165) is 17.3 Å². The molecule has 9 heteroatoms. The third-order valence-electron chi connectivity index (χ3n) is 3.65. The summed E-state index contributed by atoms with van der Waals surface area (Å²) in [4.78, 5) is 23.6. The Bertz CT molecular complexity index is 750. The lowest BCUT2D eigenvalue weighted by Crippen LogP contribution is -2.32. The topological polar surface area (TPSA) is 104 Å². The smallest absolute Gasteiger partial charge is 0.408 e. The molecule has 1 amide bonds. The maximum atomic E-state index is 12.1. The zero-order chi connectivity index (χ0) is 19.8. The quantitative estimate of drug-likeness (QED) is 0.538. The van der Waals surface area contributed by atoms with Gasteiger partial charge in [-0.2, -0.15) is 0 Å². The summed E-state index contributed by atoms with van der Waals surface area (Å²) in [7, 11) is 1.32. The summed E-state index contributed by atoms with van der Waals surface area (Å²) in [6.07, 6.45) is -0.576. The highest BCUT2D eigenvalue weighted by molar-refractivity contribution is 8.00. The molecule has 27 heavy (non-hydrogen) atoms. The van der Waals surface area contributed by atoms with E-state index < -0.39 is 17.4 Å². The van der Waals surface area contributed by atoms with Crippen LogP contribution in [0.25, 0.3) is 0 Å². The van der Waals surface area contributed by atoms with E-state index in [4.69, 9.17) is 9.15 Å². The number of nitrogens with one attached hydrogen (secondary N) is 1. The fourth-order valence-corrected chi connectivity index (χ4v) is 2.88. The first-order chi connectivity index (χ1) is 12.9. The van der Waals surface area contributed by atoms with Crippen LogP contribution in [0.4, 0.5) is 4.79 Å². The molecular formula is C18H23N3O5S. The van der Waals surface area contributed by atoms with Gasteiger partial charge in [-0.15, -0.1) is 10.2 Å². The number of carbonyl (C=O) groups is 2. The Labute approximate surface area is 162 Å². The van der Waals surface area contributed by atoms with Crippen LogP contribution in [-0.2, 0) is 20.9 Å². The molecule has 1 aromatic heterocycles. The number of amides is 1. The third kappa shape index (κ3) is 6.28. The van der Waals surface area contributed by atoms with E-state index in [1.54, 1.807) is 6.92 Å². The van der Waals surface area contributed by atoms with Gasteiger partial charge >= 0.3 is 12.1 Å². The summed E-state index contributed by atoms with van der Waals surface area (Å²) >= 11 is 1.09. The van der Waals surface area contributed by atoms with Gasteiger partial charge in [0.05, 0.1) is 7.11 Å². The number of benzene rings is 1. The number of nitrogens with zero attached hydrogens (tertiary/aromatic N) is 2. The SMILES string of the molecule is COC(=O)[C@@H](C)Sc1nnc([C@@H](NC(=O)OCc2ccccc2)C(C)C)o1. The normalized spacial score (nSPS) is 13.1. The molecule has 0 spiro atoms. The number of methoxy groups -OCH3 is 1. The van der Waals surface area contributed by atoms with Gasteiger partial charge < -0.3 is 19.2 Å². The molecule has 146 valence electrons. The zero-order valence-electron chi connectivity index (χ0n) is 15.7. The Kier molecular flexibility index (Phi) is 7.66. The molecule has 0 bridgehead atoms. The molecule has 1 heterocycles. The van der Waals surface area contributed by atoms with Gasteiger partial charge in [-0.3, -0.25) is 4.79 Å². The molecule has 8 nitrogen and oxygen atoms in total. The highest BCUT2D eigenvalue weighted by Gasteiger charge is 2.26. The molecule has 0 fully saturated rings. The van der Waals surface area contributed by atoms with Crippen molar-refractivity contribution in [2.45, 2.75) is 43.9 Å². The van der Waals surface area contributed by atoms with Crippen molar-refractivity contribution in [1.29, 1.82) is 0 Å². The summed E-state index contributed by atoms with van der Waals surface area (Å²) in [5.41, 5.74) is 0.891. The van der Waals surface area contributed by atoms with Crippen LogP contribution < -0.4 is 5.32 Å². The molecule has 0 saturated heterocycles. The molecule has 2 aromatic rings. The van der Waals surface area contributed by atoms with Gasteiger partial charge in [0.1, 0.15) is 17.9 Å². The van der Waals surface area contributed by atoms with Crippen LogP contribution in [0.5, 0.6) is 0 Å². The number of hydrogen-bond donors (Lipinski definition) is 1. The number of thioether (sulfide) groups is 1. The maximum Gasteiger partial charge on any atom is 0.408 e. The Hall–Kier alpha value is -2.55. The van der Waals surface area contributed by atoms with E-state index in [1.165, 1.54) is 7.11 Å². The minimum Gasteiger partial charge on any atom is -0.468 e. The zero-order valence-corrected chi connectivity index (χ0v) is 16.5. The minimum absolute atomic E-state index is 0.00870. The largest absolute Gasteiger partial charge is 0.468 e. The standard InChI is InChI=1S/C18H23N3O5S/c1-11(2)14(19-17(23)25-10-13-8-6-5-7-9-13)15-20-21-18(26-15)27-12(3)16(22)24-4/h5-9,11-12,14H,10H2,1-4H3,(H,19,23)/t12-,14+/m1/s1. The summed E-state index contributed by atoms with van der Waals surface area (Å²) < 4.78 is 15.5. The number of ether oxygens (including phenoxy) is 2. The van der Waals surface area contributed by atoms with Gasteiger partial charge in [0.2, 0.25) is 5.89 Å². The number of hydrogen-bond acceptors (Lipinski definition) is 8. The van der Waals surface area contributed by atoms with E-state index in [2.05, 4.69) is 20.3 Å². The third-order valence-corrected chi connectivity index (χ3v) is 4.56. The molecule has 2 rings (SSSR count). The van der Waals surface area contributed by atoms with Gasteiger partial charge in [-0.1, -0.05) is 55.9 Å². The Morgan fingerprint density at radius 2 is 1.89 bits per heavy atom. The van der Waals surface area contributed by atoms with Crippen molar-refractivity contribution in [2.24, 2.45) is 5.92 Å². The van der Waals surface area contributed by atoms with Crippen molar-refractivity contribution in [1.82, 2.24) is 15.5 Å². The van der Waals surface area contributed by atoms with E-state index in [0.29, 0.717) is 0 Å². The lowest BCUT2D eigenvalue weighted by molar-refractivity contribution is -0.139. The van der Waals surface area contributed by atoms with E-state index >= 15 is 0 Å². The van der Waals surface area contributed by atoms with Crippen molar-refractivity contribution in [3.8, 4) is 0 Å². The van der Waals surface area contributed by atoms with Crippen LogP contribution in [-0.4, -0.2) is 34.6 Å². The van der Waals surface area contributed by atoms with Gasteiger partial charge in [-0.25, -0.2) is 4.79 Å². The lowest BCUT2D eigenvalue weighted by atomic mass is 10.1. The van der Waals surface area contributed by atoms with Crippen LogP contribution in [0.3, 0.4) is 0 Å². The Morgan fingerprint density at radius 3 is 2.52 bits per heavy atom. The number of carbonyl (C=O) groups excluding carboxylic acids is 2. The monoisotopic (exact) mass is 393 g/mol. The van der Waals surface area contributed by atoms with Gasteiger partial charge in [0, 0.05) is 0 Å². The number of aromatic nitrogens is 2. The van der Waals surface area contributed by atoms with Crippen molar-refractivity contribution in [3.63, 3.8) is 0 Å². The van der Waals surface area contributed by atoms with Gasteiger partial charge in [0.15, 0.2) is 0 Å². The van der Waals surface area contributed by atoms with Crippen LogP contribution in [0.1, 0.15) is 38.3 Å². The number of alkyl carbamates (subject to hydrolysis) is 1. The summed E-state index contributed by atoms with van der Waals surface area (Å²) in [6.45, 7) is 5.67. The highest BCUT2D eigenvalue weighted by atomic mass is 32.2. The predicted octanol–water partition coefficient (Wildman–Crippen LogP) is 3.35. The first kappa shape index (κ1) is 20.8. The van der Waals surface area contributed by atoms with E-state index in [9.17, 15) is 9.59 Å². The van der Waals surface area contributed by atoms with Crippen molar-refractivity contribution < 1.29 is 23.5 Å². The maximum absolute atomic E-state index is 12.1. The Morgan fingerprint density at radius 1 is 1.19 bits per heavy atom. The average molecular weight is 393 g/mol. The molecule has 1 N–H and O–H groups in total. The van der Waals surface area contributed by atoms with Crippen LogP contribution in [0.15, 0.2) is 40.0 Å². The first-order valence-electron chi connectivity index (χ1n) is 8.45. The molecule has 0 radical (unpaired) electrons. The second kappa shape index (κ2) is 9.96. The molecule has 0 unspecified atom stereocenters. The van der Waals surface area contributed by atoms with E-state index in [-0.39, 0.29) is 29.6 Å². The molecule has 0 aliphatic heterocycles. The van der Waals surface area contributed by atoms with Crippen molar-refractivity contribution in [3.05, 3.63) is 41.8 Å². The molecule has 1 aromatic carbocycles. The predicted molar refractivity (Wildman–Crippen MR) is 99.0 cm³/mol. The van der Waals surface area contributed by atoms with Crippen LogP contribution >= 0.6 is 11.8 Å². The molecule has 2 atom stereocenters. The summed E-state index contributed by atoms with van der Waals surface area (Å²) in [5.74, 6) is -0.144. The lowest BCUT2D eigenvalue weighted by Gasteiger charge is -2.18. The fraction of sp³-hybridized carbons (Fsp3) is 0.444. The van der Waals surface area contributed by atoms with Crippen LogP contribution in [0, 0.1) is 5.92 Å². The van der Waals surface area contributed by atoms with Crippen molar-refractivity contribution in [2.75, 3.05) is 7.11 Å². The summed E-state index contributed by atoms with van der Waals surface area (Å²) in [5, 5.41) is 10.4. The molecule has 0 aliphatic carbocycles. The second-order valence-corrected chi connectivity index (χ2v) is 7.41. The number of rotatable bonds is 8. The summed E-state index contributed by atoms with van der Waals surface area (Å²) in [6, 6.07) is 8.88. The second-order valence-electron chi connectivity index (χ2n) is 6.12. The molecule has 0 saturated carbocycles. The highest BCUT2D eigenvalue weighted by Crippen LogP contribution is 2.27. The Balaban J connectivity index is 1.96. The molecular weight excluding hydrogens is 370 g/mol. The fourth-order valence-electron chi connectivity index (χ4n) is 2.16. The van der Waals surface area contributed by atoms with E-state index in [1.807, 2.05) is 44.2 Å². The van der Waals surface area contributed by atoms with Crippen molar-refractivity contribution >= 4 is 23.8 Å². The first-order valence-corrected chi connectivity index (χ1v) is 9.33. The minimum atomic E-state index is -0.576. The number of esters is 1.